The highest BCUT2D eigenvalue weighted by Gasteiger charge is 2.20. The SMILES string of the molecule is Cc1cc(C)nc(SCC(=O)OCC(=O)c2cc(C)n(-c3ccc4c(c3)OCCO4)c2C)n1. The number of carbonyl (C=O) groups is 2. The molecule has 8 nitrogen and oxygen atoms in total. The first kappa shape index (κ1) is 22.8. The number of hydrogen-bond donors (Lipinski definition) is 0. The molecule has 1 aliphatic rings. The van der Waals surface area contributed by atoms with Gasteiger partial charge in [-0.05, 0) is 52.0 Å². The Hall–Kier alpha value is -3.33. The summed E-state index contributed by atoms with van der Waals surface area (Å²) in [6, 6.07) is 9.36. The number of carbonyl (C=O) groups excluding carboxylic acids is 2. The average Bonchev–Trinajstić information content (AvgIpc) is 3.09. The molecule has 4 rings (SSSR count). The number of aryl methyl sites for hydroxylation is 3. The average molecular weight is 468 g/mol. The van der Waals surface area contributed by atoms with Crippen LogP contribution in [0.1, 0.15) is 33.1 Å². The smallest absolute Gasteiger partial charge is 0.316 e. The van der Waals surface area contributed by atoms with Gasteiger partial charge in [0.2, 0.25) is 5.78 Å². The number of fused-ring (bicyclic) bond motifs is 1. The molecular weight excluding hydrogens is 442 g/mol. The molecule has 2 aromatic heterocycles. The molecule has 0 saturated carbocycles. The molecule has 172 valence electrons. The lowest BCUT2D eigenvalue weighted by atomic mass is 10.1. The quantitative estimate of drug-likeness (QED) is 0.224. The molecule has 0 spiro atoms. The number of ketones is 1. The number of Topliss-reactive ketones (excluding diaryl/α,β-unsaturated/α-hetero) is 1. The largest absolute Gasteiger partial charge is 0.486 e. The lowest BCUT2D eigenvalue weighted by Crippen LogP contribution is -2.16. The van der Waals surface area contributed by atoms with E-state index >= 15 is 0 Å². The molecule has 0 bridgehead atoms. The van der Waals surface area contributed by atoms with Crippen molar-refractivity contribution in [1.29, 1.82) is 0 Å². The first-order valence-corrected chi connectivity index (χ1v) is 11.5. The maximum atomic E-state index is 12.8. The predicted molar refractivity (Wildman–Crippen MR) is 124 cm³/mol. The standard InChI is InChI=1S/C24H25N3O5S/c1-14-9-15(2)26-24(25-14)33-13-23(29)32-12-20(28)19-10-16(3)27(17(19)4)18-5-6-21-22(11-18)31-8-7-30-21/h5-6,9-11H,7-8,12-13H2,1-4H3. The van der Waals surface area contributed by atoms with Gasteiger partial charge in [-0.15, -0.1) is 0 Å². The third-order valence-corrected chi connectivity index (χ3v) is 5.98. The number of benzene rings is 1. The van der Waals surface area contributed by atoms with Gasteiger partial charge in [0.25, 0.3) is 0 Å². The lowest BCUT2D eigenvalue weighted by molar-refractivity contribution is -0.139. The number of esters is 1. The van der Waals surface area contributed by atoms with E-state index in [0.29, 0.717) is 35.4 Å². The van der Waals surface area contributed by atoms with Gasteiger partial charge in [-0.25, -0.2) is 9.97 Å². The van der Waals surface area contributed by atoms with E-state index in [1.165, 1.54) is 11.8 Å². The van der Waals surface area contributed by atoms with Gasteiger partial charge in [0.15, 0.2) is 23.3 Å². The summed E-state index contributed by atoms with van der Waals surface area (Å²) in [4.78, 5) is 33.5. The van der Waals surface area contributed by atoms with Gasteiger partial charge in [-0.2, -0.15) is 0 Å². The van der Waals surface area contributed by atoms with Crippen LogP contribution >= 0.6 is 11.8 Å². The van der Waals surface area contributed by atoms with E-state index in [-0.39, 0.29) is 18.1 Å². The molecule has 0 unspecified atom stereocenters. The number of hydrogen-bond acceptors (Lipinski definition) is 8. The summed E-state index contributed by atoms with van der Waals surface area (Å²) in [6.45, 7) is 8.25. The second-order valence-corrected chi connectivity index (χ2v) is 8.70. The monoisotopic (exact) mass is 467 g/mol. The Labute approximate surface area is 196 Å². The highest BCUT2D eigenvalue weighted by molar-refractivity contribution is 7.99. The van der Waals surface area contributed by atoms with Crippen molar-refractivity contribution in [1.82, 2.24) is 14.5 Å². The van der Waals surface area contributed by atoms with Crippen molar-refractivity contribution in [2.24, 2.45) is 0 Å². The topological polar surface area (TPSA) is 92.5 Å². The second kappa shape index (κ2) is 9.66. The first-order valence-electron chi connectivity index (χ1n) is 10.5. The summed E-state index contributed by atoms with van der Waals surface area (Å²) in [6.07, 6.45) is 0. The van der Waals surface area contributed by atoms with E-state index in [1.54, 1.807) is 6.07 Å². The van der Waals surface area contributed by atoms with Gasteiger partial charge < -0.3 is 18.8 Å². The fourth-order valence-corrected chi connectivity index (χ4v) is 4.51. The molecule has 0 fully saturated rings. The van der Waals surface area contributed by atoms with Crippen molar-refractivity contribution in [3.05, 3.63) is 58.7 Å². The number of ether oxygens (including phenoxy) is 3. The zero-order chi connectivity index (χ0) is 23.5. The Morgan fingerprint density at radius 2 is 1.70 bits per heavy atom. The zero-order valence-corrected chi connectivity index (χ0v) is 19.8. The summed E-state index contributed by atoms with van der Waals surface area (Å²) >= 11 is 1.19. The van der Waals surface area contributed by atoms with Crippen LogP contribution in [0, 0.1) is 27.7 Å². The van der Waals surface area contributed by atoms with Crippen molar-refractivity contribution in [2.75, 3.05) is 25.6 Å². The minimum absolute atomic E-state index is 0.0341. The molecule has 1 aliphatic heterocycles. The second-order valence-electron chi connectivity index (χ2n) is 7.75. The van der Waals surface area contributed by atoms with Gasteiger partial charge in [0, 0.05) is 40.1 Å². The zero-order valence-electron chi connectivity index (χ0n) is 19.0. The fraction of sp³-hybridized carbons (Fsp3) is 0.333. The Balaban J connectivity index is 1.40. The maximum Gasteiger partial charge on any atom is 0.316 e. The molecule has 0 atom stereocenters. The van der Waals surface area contributed by atoms with Crippen molar-refractivity contribution in [3.8, 4) is 17.2 Å². The third-order valence-electron chi connectivity index (χ3n) is 5.16. The molecule has 9 heteroatoms. The third kappa shape index (κ3) is 5.19. The van der Waals surface area contributed by atoms with Crippen molar-refractivity contribution < 1.29 is 23.8 Å². The van der Waals surface area contributed by atoms with Crippen molar-refractivity contribution in [2.45, 2.75) is 32.9 Å². The normalized spacial score (nSPS) is 12.5. The molecule has 3 heterocycles. The maximum absolute atomic E-state index is 12.8. The van der Waals surface area contributed by atoms with Gasteiger partial charge >= 0.3 is 5.97 Å². The number of rotatable bonds is 7. The molecule has 0 N–H and O–H groups in total. The molecule has 0 aliphatic carbocycles. The van der Waals surface area contributed by atoms with Crippen molar-refractivity contribution >= 4 is 23.5 Å². The predicted octanol–water partition coefficient (Wildman–Crippen LogP) is 3.79. The van der Waals surface area contributed by atoms with Crippen LogP contribution in [0.2, 0.25) is 0 Å². The van der Waals surface area contributed by atoms with E-state index in [4.69, 9.17) is 14.2 Å². The fourth-order valence-electron chi connectivity index (χ4n) is 3.76. The highest BCUT2D eigenvalue weighted by atomic mass is 32.2. The molecular formula is C24H25N3O5S. The van der Waals surface area contributed by atoms with Gasteiger partial charge in [0.05, 0.1) is 5.75 Å². The van der Waals surface area contributed by atoms with Crippen LogP contribution in [0.15, 0.2) is 35.5 Å². The Morgan fingerprint density at radius 1 is 1.00 bits per heavy atom. The van der Waals surface area contributed by atoms with E-state index in [2.05, 4.69) is 9.97 Å². The Kier molecular flexibility index (Phi) is 6.69. The lowest BCUT2D eigenvalue weighted by Gasteiger charge is -2.20. The molecule has 0 amide bonds. The van der Waals surface area contributed by atoms with Crippen LogP contribution in [0.4, 0.5) is 0 Å². The Morgan fingerprint density at radius 3 is 2.42 bits per heavy atom. The highest BCUT2D eigenvalue weighted by Crippen LogP contribution is 2.33. The van der Waals surface area contributed by atoms with Crippen LogP contribution in [0.5, 0.6) is 11.5 Å². The van der Waals surface area contributed by atoms with Crippen LogP contribution in [0.3, 0.4) is 0 Å². The van der Waals surface area contributed by atoms with Crippen LogP contribution in [-0.2, 0) is 9.53 Å². The minimum atomic E-state index is -0.489. The molecule has 0 radical (unpaired) electrons. The van der Waals surface area contributed by atoms with Crippen molar-refractivity contribution in [3.63, 3.8) is 0 Å². The summed E-state index contributed by atoms with van der Waals surface area (Å²) in [5.74, 6) is 0.676. The molecule has 3 aromatic rings. The summed E-state index contributed by atoms with van der Waals surface area (Å²) in [7, 11) is 0. The number of aromatic nitrogens is 3. The van der Waals surface area contributed by atoms with E-state index in [1.807, 2.05) is 56.5 Å². The molecule has 0 saturated heterocycles. The Bertz CT molecular complexity index is 1200. The van der Waals surface area contributed by atoms with Gasteiger partial charge in [0.1, 0.15) is 13.2 Å². The number of nitrogens with zero attached hydrogens (tertiary/aromatic N) is 3. The van der Waals surface area contributed by atoms with Crippen LogP contribution in [0.25, 0.3) is 5.69 Å². The summed E-state index contributed by atoms with van der Waals surface area (Å²) in [5.41, 5.74) is 4.71. The first-order chi connectivity index (χ1) is 15.8. The molecule has 33 heavy (non-hydrogen) atoms. The van der Waals surface area contributed by atoms with Gasteiger partial charge in [-0.3, -0.25) is 9.59 Å². The van der Waals surface area contributed by atoms with E-state index in [9.17, 15) is 9.59 Å². The van der Waals surface area contributed by atoms with E-state index in [0.717, 1.165) is 28.5 Å². The van der Waals surface area contributed by atoms with E-state index < -0.39 is 5.97 Å². The molecule has 1 aromatic carbocycles. The summed E-state index contributed by atoms with van der Waals surface area (Å²) < 4.78 is 18.5. The number of thioether (sulfide) groups is 1. The minimum Gasteiger partial charge on any atom is -0.486 e. The summed E-state index contributed by atoms with van der Waals surface area (Å²) in [5, 5.41) is 0.513. The van der Waals surface area contributed by atoms with Crippen LogP contribution < -0.4 is 9.47 Å². The van der Waals surface area contributed by atoms with Crippen LogP contribution in [-0.4, -0.2) is 51.9 Å². The van der Waals surface area contributed by atoms with Gasteiger partial charge in [-0.1, -0.05) is 11.8 Å².